The molecule has 23 heavy (non-hydrogen) atoms. The number of hydrogen-bond donors (Lipinski definition) is 1. The first-order valence-corrected chi connectivity index (χ1v) is 7.99. The standard InChI is InChI=1S/C18H16ClNO3/c19-13-3-1-2-4-14(13)20-17(21)12-5-6-15-16(9-12)23-11-18(7-8-18)10-22-15/h1-6,9H,7-8,10-11H2,(H,20,21). The number of carbonyl (C=O) groups excluding carboxylic acids is 1. The van der Waals surface area contributed by atoms with Crippen molar-refractivity contribution in [2.45, 2.75) is 12.8 Å². The number of nitrogens with one attached hydrogen (secondary N) is 1. The van der Waals surface area contributed by atoms with Crippen molar-refractivity contribution in [2.24, 2.45) is 5.41 Å². The SMILES string of the molecule is O=C(Nc1ccccc1Cl)c1ccc2c(c1)OCC1(CC1)CO2. The van der Waals surface area contributed by atoms with Gasteiger partial charge in [0.25, 0.3) is 5.91 Å². The van der Waals surface area contributed by atoms with Crippen LogP contribution in [-0.4, -0.2) is 19.1 Å². The van der Waals surface area contributed by atoms with E-state index in [1.54, 1.807) is 30.3 Å². The van der Waals surface area contributed by atoms with Crippen molar-refractivity contribution in [3.8, 4) is 11.5 Å². The van der Waals surface area contributed by atoms with Crippen molar-refractivity contribution in [1.29, 1.82) is 0 Å². The zero-order chi connectivity index (χ0) is 15.9. The maximum Gasteiger partial charge on any atom is 0.255 e. The number of fused-ring (bicyclic) bond motifs is 1. The van der Waals surface area contributed by atoms with Gasteiger partial charge in [-0.2, -0.15) is 0 Å². The van der Waals surface area contributed by atoms with Crippen molar-refractivity contribution < 1.29 is 14.3 Å². The van der Waals surface area contributed by atoms with E-state index in [4.69, 9.17) is 21.1 Å². The third kappa shape index (κ3) is 2.86. The number of amides is 1. The van der Waals surface area contributed by atoms with Crippen LogP contribution in [0.2, 0.25) is 5.02 Å². The van der Waals surface area contributed by atoms with Crippen LogP contribution < -0.4 is 14.8 Å². The van der Waals surface area contributed by atoms with Gasteiger partial charge in [-0.15, -0.1) is 0 Å². The fraction of sp³-hybridized carbons (Fsp3) is 0.278. The Morgan fingerprint density at radius 2 is 1.78 bits per heavy atom. The van der Waals surface area contributed by atoms with Crippen molar-refractivity contribution in [2.75, 3.05) is 18.5 Å². The summed E-state index contributed by atoms with van der Waals surface area (Å²) in [6.45, 7) is 1.33. The number of rotatable bonds is 2. The maximum absolute atomic E-state index is 12.4. The first-order chi connectivity index (χ1) is 11.2. The van der Waals surface area contributed by atoms with E-state index < -0.39 is 0 Å². The lowest BCUT2D eigenvalue weighted by Crippen LogP contribution is -2.17. The van der Waals surface area contributed by atoms with Crippen LogP contribution in [0.15, 0.2) is 42.5 Å². The lowest BCUT2D eigenvalue weighted by molar-refractivity contribution is 0.102. The van der Waals surface area contributed by atoms with Gasteiger partial charge in [0.2, 0.25) is 0 Å². The number of benzene rings is 2. The Morgan fingerprint density at radius 3 is 2.52 bits per heavy atom. The minimum Gasteiger partial charge on any atom is -0.489 e. The molecule has 1 amide bonds. The highest BCUT2D eigenvalue weighted by Gasteiger charge is 2.46. The summed E-state index contributed by atoms with van der Waals surface area (Å²) in [7, 11) is 0. The molecule has 0 aromatic heterocycles. The molecule has 2 aliphatic rings. The molecule has 0 saturated heterocycles. The van der Waals surface area contributed by atoms with E-state index in [9.17, 15) is 4.79 Å². The highest BCUT2D eigenvalue weighted by molar-refractivity contribution is 6.33. The molecular weight excluding hydrogens is 314 g/mol. The minimum atomic E-state index is -0.227. The van der Waals surface area contributed by atoms with Crippen LogP contribution in [0.25, 0.3) is 0 Å². The first kappa shape index (κ1) is 14.4. The Labute approximate surface area is 139 Å². The molecule has 0 unspecified atom stereocenters. The minimum absolute atomic E-state index is 0.180. The fourth-order valence-corrected chi connectivity index (χ4v) is 2.79. The van der Waals surface area contributed by atoms with Crippen molar-refractivity contribution in [3.05, 3.63) is 53.1 Å². The van der Waals surface area contributed by atoms with Gasteiger partial charge in [-0.25, -0.2) is 0 Å². The summed E-state index contributed by atoms with van der Waals surface area (Å²) in [5.41, 5.74) is 1.28. The van der Waals surface area contributed by atoms with Crippen LogP contribution in [0, 0.1) is 5.41 Å². The van der Waals surface area contributed by atoms with E-state index in [0.717, 1.165) is 12.8 Å². The molecule has 1 heterocycles. The summed E-state index contributed by atoms with van der Waals surface area (Å²) in [5, 5.41) is 3.32. The zero-order valence-corrected chi connectivity index (χ0v) is 13.2. The van der Waals surface area contributed by atoms with Gasteiger partial charge in [0.1, 0.15) is 0 Å². The molecule has 1 fully saturated rings. The summed E-state index contributed by atoms with van der Waals surface area (Å²) in [6, 6.07) is 12.4. The second-order valence-corrected chi connectivity index (χ2v) is 6.58. The smallest absolute Gasteiger partial charge is 0.255 e. The number of para-hydroxylation sites is 1. The molecule has 0 radical (unpaired) electrons. The molecule has 0 bridgehead atoms. The summed E-state index contributed by atoms with van der Waals surface area (Å²) < 4.78 is 11.7. The molecule has 1 aliphatic carbocycles. The Kier molecular flexibility index (Phi) is 3.42. The summed E-state index contributed by atoms with van der Waals surface area (Å²) >= 11 is 6.07. The van der Waals surface area contributed by atoms with Gasteiger partial charge in [0.15, 0.2) is 11.5 Å². The highest BCUT2D eigenvalue weighted by Crippen LogP contribution is 2.49. The highest BCUT2D eigenvalue weighted by atomic mass is 35.5. The number of anilines is 1. The van der Waals surface area contributed by atoms with Gasteiger partial charge in [-0.1, -0.05) is 23.7 Å². The number of ether oxygens (including phenoxy) is 2. The van der Waals surface area contributed by atoms with Gasteiger partial charge in [0, 0.05) is 11.0 Å². The van der Waals surface area contributed by atoms with Crippen LogP contribution >= 0.6 is 11.6 Å². The Bertz CT molecular complexity index is 771. The molecule has 118 valence electrons. The number of carbonyl (C=O) groups is 1. The third-order valence-corrected chi connectivity index (χ3v) is 4.68. The zero-order valence-electron chi connectivity index (χ0n) is 12.5. The van der Waals surface area contributed by atoms with E-state index in [-0.39, 0.29) is 11.3 Å². The van der Waals surface area contributed by atoms with E-state index >= 15 is 0 Å². The largest absolute Gasteiger partial charge is 0.489 e. The topological polar surface area (TPSA) is 47.6 Å². The number of halogens is 1. The van der Waals surface area contributed by atoms with Crippen LogP contribution in [0.4, 0.5) is 5.69 Å². The summed E-state index contributed by atoms with van der Waals surface area (Å²) in [5.74, 6) is 1.10. The second kappa shape index (κ2) is 5.46. The monoisotopic (exact) mass is 329 g/mol. The van der Waals surface area contributed by atoms with Gasteiger partial charge in [-0.3, -0.25) is 4.79 Å². The Balaban J connectivity index is 1.55. The molecule has 2 aromatic rings. The molecular formula is C18H16ClNO3. The van der Waals surface area contributed by atoms with Crippen LogP contribution in [0.1, 0.15) is 23.2 Å². The molecule has 5 heteroatoms. The molecule has 1 spiro atoms. The first-order valence-electron chi connectivity index (χ1n) is 7.61. The van der Waals surface area contributed by atoms with Gasteiger partial charge in [-0.05, 0) is 43.2 Å². The summed E-state index contributed by atoms with van der Waals surface area (Å²) in [4.78, 5) is 12.4. The van der Waals surface area contributed by atoms with E-state index in [1.807, 2.05) is 12.1 Å². The van der Waals surface area contributed by atoms with E-state index in [1.165, 1.54) is 0 Å². The lowest BCUT2D eigenvalue weighted by atomic mass is 10.1. The average Bonchev–Trinajstić information content (AvgIpc) is 3.36. The van der Waals surface area contributed by atoms with Gasteiger partial charge < -0.3 is 14.8 Å². The van der Waals surface area contributed by atoms with Crippen molar-refractivity contribution >= 4 is 23.2 Å². The molecule has 1 N–H and O–H groups in total. The predicted molar refractivity (Wildman–Crippen MR) is 88.5 cm³/mol. The van der Waals surface area contributed by atoms with Crippen LogP contribution in [0.3, 0.4) is 0 Å². The molecule has 2 aromatic carbocycles. The molecule has 1 saturated carbocycles. The van der Waals surface area contributed by atoms with E-state index in [0.29, 0.717) is 41.0 Å². The van der Waals surface area contributed by atoms with Crippen LogP contribution in [0.5, 0.6) is 11.5 Å². The maximum atomic E-state index is 12.4. The number of hydrogen-bond acceptors (Lipinski definition) is 3. The Hall–Kier alpha value is -2.20. The predicted octanol–water partition coefficient (Wildman–Crippen LogP) is 4.14. The lowest BCUT2D eigenvalue weighted by Gasteiger charge is -2.10. The van der Waals surface area contributed by atoms with Crippen LogP contribution in [-0.2, 0) is 0 Å². The second-order valence-electron chi connectivity index (χ2n) is 6.17. The van der Waals surface area contributed by atoms with Crippen molar-refractivity contribution in [1.82, 2.24) is 0 Å². The van der Waals surface area contributed by atoms with E-state index in [2.05, 4.69) is 5.32 Å². The third-order valence-electron chi connectivity index (χ3n) is 4.35. The fourth-order valence-electron chi connectivity index (χ4n) is 2.61. The quantitative estimate of drug-likeness (QED) is 0.900. The molecule has 0 atom stereocenters. The Morgan fingerprint density at radius 1 is 1.04 bits per heavy atom. The van der Waals surface area contributed by atoms with Crippen molar-refractivity contribution in [3.63, 3.8) is 0 Å². The molecule has 4 rings (SSSR count). The molecule has 1 aliphatic heterocycles. The van der Waals surface area contributed by atoms with Gasteiger partial charge >= 0.3 is 0 Å². The summed E-state index contributed by atoms with van der Waals surface area (Å²) in [6.07, 6.45) is 2.28. The normalized spacial score (nSPS) is 17.4. The van der Waals surface area contributed by atoms with Gasteiger partial charge in [0.05, 0.1) is 23.9 Å². The average molecular weight is 330 g/mol. The molecule has 4 nitrogen and oxygen atoms in total.